The van der Waals surface area contributed by atoms with Crippen molar-refractivity contribution >= 4 is 55.8 Å². The van der Waals surface area contributed by atoms with Gasteiger partial charge < -0.3 is 11.1 Å². The zero-order valence-electron chi connectivity index (χ0n) is 9.22. The Morgan fingerprint density at radius 1 is 1.56 bits per heavy atom. The van der Waals surface area contributed by atoms with E-state index in [-0.39, 0.29) is 5.91 Å². The average Bonchev–Trinajstić information content (AvgIpc) is 2.83. The highest BCUT2D eigenvalue weighted by atomic mass is 79.9. The summed E-state index contributed by atoms with van der Waals surface area (Å²) in [6.07, 6.45) is 1.65. The molecule has 1 aromatic heterocycles. The van der Waals surface area contributed by atoms with Gasteiger partial charge in [0.2, 0.25) is 5.91 Å². The molecule has 0 saturated carbocycles. The normalized spacial score (nSPS) is 10.3. The van der Waals surface area contributed by atoms with Crippen LogP contribution in [0.2, 0.25) is 0 Å². The third-order valence-corrected chi connectivity index (χ3v) is 4.27. The number of carbonyl (C=O) groups is 1. The van der Waals surface area contributed by atoms with Gasteiger partial charge in [0.05, 0.1) is 5.75 Å². The largest absolute Gasteiger partial charge is 0.398 e. The first kappa shape index (κ1) is 13.4. The van der Waals surface area contributed by atoms with E-state index in [0.717, 1.165) is 9.37 Å². The van der Waals surface area contributed by atoms with Gasteiger partial charge in [-0.1, -0.05) is 15.9 Å². The van der Waals surface area contributed by atoms with Crippen molar-refractivity contribution in [1.82, 2.24) is 4.98 Å². The first-order valence-electron chi connectivity index (χ1n) is 5.02. The molecule has 0 aliphatic carbocycles. The third-order valence-electron chi connectivity index (χ3n) is 2.01. The number of carbonyl (C=O) groups excluding carboxylic acids is 1. The standard InChI is InChI=1S/C11H10BrN3OS2/c12-7-1-2-8(13)9(5-7)18-6-10(16)15-11-14-3-4-17-11/h1-5H,6,13H2,(H,14,15,16). The second-order valence-electron chi connectivity index (χ2n) is 3.36. The number of hydrogen-bond acceptors (Lipinski definition) is 5. The summed E-state index contributed by atoms with van der Waals surface area (Å²) in [5.74, 6) is 0.217. The molecule has 4 nitrogen and oxygen atoms in total. The number of anilines is 2. The Kier molecular flexibility index (Phi) is 4.62. The predicted molar refractivity (Wildman–Crippen MR) is 80.0 cm³/mol. The summed E-state index contributed by atoms with van der Waals surface area (Å²) in [4.78, 5) is 16.5. The lowest BCUT2D eigenvalue weighted by atomic mass is 10.3. The average molecular weight is 344 g/mol. The number of halogens is 1. The van der Waals surface area contributed by atoms with E-state index in [2.05, 4.69) is 26.2 Å². The minimum absolute atomic E-state index is 0.0886. The van der Waals surface area contributed by atoms with Gasteiger partial charge in [0.1, 0.15) is 0 Å². The number of hydrogen-bond donors (Lipinski definition) is 2. The molecule has 3 N–H and O–H groups in total. The van der Waals surface area contributed by atoms with Crippen molar-refractivity contribution < 1.29 is 4.79 Å². The summed E-state index contributed by atoms with van der Waals surface area (Å²) >= 11 is 6.17. The maximum atomic E-state index is 11.7. The first-order valence-corrected chi connectivity index (χ1v) is 7.68. The van der Waals surface area contributed by atoms with Crippen molar-refractivity contribution in [2.45, 2.75) is 4.90 Å². The van der Waals surface area contributed by atoms with Gasteiger partial charge in [-0.05, 0) is 18.2 Å². The Morgan fingerprint density at radius 2 is 2.39 bits per heavy atom. The van der Waals surface area contributed by atoms with Crippen LogP contribution in [0.15, 0.2) is 39.1 Å². The van der Waals surface area contributed by atoms with Crippen molar-refractivity contribution in [2.75, 3.05) is 16.8 Å². The summed E-state index contributed by atoms with van der Waals surface area (Å²) in [5, 5.41) is 5.15. The lowest BCUT2D eigenvalue weighted by Gasteiger charge is -2.05. The summed E-state index contributed by atoms with van der Waals surface area (Å²) < 4.78 is 0.944. The molecule has 0 aliphatic heterocycles. The van der Waals surface area contributed by atoms with E-state index < -0.39 is 0 Å². The molecule has 0 saturated heterocycles. The number of rotatable bonds is 4. The maximum absolute atomic E-state index is 11.7. The smallest absolute Gasteiger partial charge is 0.236 e. The molecule has 2 rings (SSSR count). The first-order chi connectivity index (χ1) is 8.65. The lowest BCUT2D eigenvalue weighted by Crippen LogP contribution is -2.13. The molecule has 0 atom stereocenters. The van der Waals surface area contributed by atoms with Crippen molar-refractivity contribution in [3.05, 3.63) is 34.2 Å². The number of nitrogens with one attached hydrogen (secondary N) is 1. The Bertz CT molecular complexity index is 545. The van der Waals surface area contributed by atoms with Crippen LogP contribution in [0.25, 0.3) is 0 Å². The van der Waals surface area contributed by atoms with Crippen LogP contribution < -0.4 is 11.1 Å². The van der Waals surface area contributed by atoms with Crippen molar-refractivity contribution in [3.8, 4) is 0 Å². The van der Waals surface area contributed by atoms with Gasteiger partial charge >= 0.3 is 0 Å². The molecule has 0 aliphatic rings. The predicted octanol–water partition coefficient (Wildman–Crippen LogP) is 3.22. The van der Waals surface area contributed by atoms with Crippen LogP contribution in [0.3, 0.4) is 0 Å². The fourth-order valence-electron chi connectivity index (χ4n) is 1.22. The van der Waals surface area contributed by atoms with E-state index in [4.69, 9.17) is 5.73 Å². The number of nitrogens with zero attached hydrogens (tertiary/aromatic N) is 1. The van der Waals surface area contributed by atoms with Gasteiger partial charge in [0.15, 0.2) is 5.13 Å². The number of nitrogen functional groups attached to an aromatic ring is 1. The van der Waals surface area contributed by atoms with Gasteiger partial charge in [0.25, 0.3) is 0 Å². The van der Waals surface area contributed by atoms with E-state index in [1.165, 1.54) is 23.1 Å². The topological polar surface area (TPSA) is 68.0 Å². The molecule has 7 heteroatoms. The second-order valence-corrected chi connectivity index (χ2v) is 6.18. The lowest BCUT2D eigenvalue weighted by molar-refractivity contribution is -0.113. The highest BCUT2D eigenvalue weighted by Crippen LogP contribution is 2.28. The van der Waals surface area contributed by atoms with Gasteiger partial charge in [-0.2, -0.15) is 0 Å². The van der Waals surface area contributed by atoms with E-state index in [0.29, 0.717) is 16.6 Å². The van der Waals surface area contributed by atoms with Crippen LogP contribution in [0.1, 0.15) is 0 Å². The number of aromatic nitrogens is 1. The number of amides is 1. The van der Waals surface area contributed by atoms with E-state index >= 15 is 0 Å². The second kappa shape index (κ2) is 6.21. The van der Waals surface area contributed by atoms with Crippen LogP contribution in [-0.2, 0) is 4.79 Å². The molecular weight excluding hydrogens is 334 g/mol. The number of nitrogens with two attached hydrogens (primary N) is 1. The molecule has 2 aromatic rings. The molecule has 94 valence electrons. The zero-order chi connectivity index (χ0) is 13.0. The van der Waals surface area contributed by atoms with Crippen molar-refractivity contribution in [1.29, 1.82) is 0 Å². The Hall–Kier alpha value is -1.05. The minimum atomic E-state index is -0.0886. The van der Waals surface area contributed by atoms with Crippen LogP contribution in [0.4, 0.5) is 10.8 Å². The van der Waals surface area contributed by atoms with Crippen LogP contribution >= 0.6 is 39.0 Å². The van der Waals surface area contributed by atoms with Crippen LogP contribution in [0.5, 0.6) is 0 Å². The van der Waals surface area contributed by atoms with Crippen molar-refractivity contribution in [3.63, 3.8) is 0 Å². The SMILES string of the molecule is Nc1ccc(Br)cc1SCC(=O)Nc1nccs1. The number of thiazole rings is 1. The molecule has 1 amide bonds. The van der Waals surface area contributed by atoms with Crippen molar-refractivity contribution in [2.24, 2.45) is 0 Å². The van der Waals surface area contributed by atoms with Crippen LogP contribution in [-0.4, -0.2) is 16.6 Å². The summed E-state index contributed by atoms with van der Waals surface area (Å²) in [6, 6.07) is 5.58. The molecule has 1 heterocycles. The highest BCUT2D eigenvalue weighted by Gasteiger charge is 2.07. The fourth-order valence-corrected chi connectivity index (χ4v) is 3.08. The molecule has 0 fully saturated rings. The molecule has 18 heavy (non-hydrogen) atoms. The Morgan fingerprint density at radius 3 is 3.11 bits per heavy atom. The van der Waals surface area contributed by atoms with Gasteiger partial charge in [0, 0.05) is 26.6 Å². The van der Waals surface area contributed by atoms with Gasteiger partial charge in [-0.25, -0.2) is 4.98 Å². The van der Waals surface area contributed by atoms with E-state index in [1.54, 1.807) is 6.20 Å². The monoisotopic (exact) mass is 343 g/mol. The molecule has 0 radical (unpaired) electrons. The summed E-state index contributed by atoms with van der Waals surface area (Å²) in [6.45, 7) is 0. The Labute approximate surface area is 121 Å². The molecule has 0 unspecified atom stereocenters. The minimum Gasteiger partial charge on any atom is -0.398 e. The molecular formula is C11H10BrN3OS2. The maximum Gasteiger partial charge on any atom is 0.236 e. The molecule has 0 bridgehead atoms. The van der Waals surface area contributed by atoms with Crippen LogP contribution in [0, 0.1) is 0 Å². The quantitative estimate of drug-likeness (QED) is 0.660. The summed E-state index contributed by atoms with van der Waals surface area (Å²) in [7, 11) is 0. The molecule has 1 aromatic carbocycles. The Balaban J connectivity index is 1.91. The molecule has 0 spiro atoms. The zero-order valence-corrected chi connectivity index (χ0v) is 12.4. The van der Waals surface area contributed by atoms with Gasteiger partial charge in [-0.3, -0.25) is 4.79 Å². The number of benzene rings is 1. The highest BCUT2D eigenvalue weighted by molar-refractivity contribution is 9.10. The van der Waals surface area contributed by atoms with E-state index in [9.17, 15) is 4.79 Å². The van der Waals surface area contributed by atoms with E-state index in [1.807, 2.05) is 23.6 Å². The van der Waals surface area contributed by atoms with Gasteiger partial charge in [-0.15, -0.1) is 23.1 Å². The number of thioether (sulfide) groups is 1. The third kappa shape index (κ3) is 3.72. The summed E-state index contributed by atoms with van der Waals surface area (Å²) in [5.41, 5.74) is 6.50. The fraction of sp³-hybridized carbons (Fsp3) is 0.0909.